The van der Waals surface area contributed by atoms with Crippen LogP contribution >= 0.6 is 0 Å². The zero-order valence-corrected chi connectivity index (χ0v) is 10.3. The van der Waals surface area contributed by atoms with Gasteiger partial charge >= 0.3 is 0 Å². The molecule has 2 fully saturated rings. The van der Waals surface area contributed by atoms with E-state index in [0.717, 1.165) is 19.5 Å². The summed E-state index contributed by atoms with van der Waals surface area (Å²) in [5, 5.41) is 3.37. The summed E-state index contributed by atoms with van der Waals surface area (Å²) < 4.78 is 5.41. The van der Waals surface area contributed by atoms with E-state index in [1.807, 2.05) is 17.0 Å². The number of rotatable bonds is 1. The predicted molar refractivity (Wildman–Crippen MR) is 64.7 cm³/mol. The van der Waals surface area contributed by atoms with Gasteiger partial charge in [-0.05, 0) is 24.9 Å². The first-order valence-corrected chi connectivity index (χ1v) is 6.20. The Morgan fingerprint density at radius 3 is 3.06 bits per heavy atom. The molecule has 1 aromatic heterocycles. The van der Waals surface area contributed by atoms with Crippen LogP contribution in [0.2, 0.25) is 0 Å². The van der Waals surface area contributed by atoms with E-state index < -0.39 is 0 Å². The number of fused-ring (bicyclic) bond motifs is 1. The molecular weight excluding hydrogens is 216 g/mol. The largest absolute Gasteiger partial charge is 0.448 e. The fourth-order valence-corrected chi connectivity index (χ4v) is 3.25. The van der Waals surface area contributed by atoms with Crippen molar-refractivity contribution in [3.05, 3.63) is 18.4 Å². The molecule has 0 radical (unpaired) electrons. The molecule has 0 aliphatic carbocycles. The van der Waals surface area contributed by atoms with E-state index in [9.17, 15) is 4.79 Å². The second kappa shape index (κ2) is 3.60. The number of nitrogens with zero attached hydrogens (tertiary/aromatic N) is 1. The standard InChI is InChI=1S/C13H18N2O2/c1-13(2)9-5-6-14-8-10(9)15(12(13)16)11-4-3-7-17-11/h3-4,7,9-10,14H,5-6,8H2,1-2H3. The van der Waals surface area contributed by atoms with Crippen molar-refractivity contribution in [1.82, 2.24) is 5.32 Å². The van der Waals surface area contributed by atoms with Crippen molar-refractivity contribution in [3.63, 3.8) is 0 Å². The SMILES string of the molecule is CC1(C)C(=O)N(c2ccco2)C2CNCCC21. The molecule has 1 N–H and O–H groups in total. The minimum Gasteiger partial charge on any atom is -0.448 e. The van der Waals surface area contributed by atoms with Gasteiger partial charge in [0.2, 0.25) is 11.8 Å². The van der Waals surface area contributed by atoms with Crippen molar-refractivity contribution in [2.75, 3.05) is 18.0 Å². The Labute approximate surface area is 101 Å². The molecule has 2 aliphatic heterocycles. The topological polar surface area (TPSA) is 45.5 Å². The van der Waals surface area contributed by atoms with Gasteiger partial charge in [0.1, 0.15) is 0 Å². The van der Waals surface area contributed by atoms with Crippen LogP contribution < -0.4 is 10.2 Å². The van der Waals surface area contributed by atoms with Gasteiger partial charge in [-0.1, -0.05) is 13.8 Å². The number of furan rings is 1. The normalized spacial score (nSPS) is 31.6. The summed E-state index contributed by atoms with van der Waals surface area (Å²) in [5.74, 6) is 1.28. The molecule has 1 amide bonds. The predicted octanol–water partition coefficient (Wildman–Crippen LogP) is 1.63. The number of carbonyl (C=O) groups is 1. The lowest BCUT2D eigenvalue weighted by atomic mass is 9.75. The monoisotopic (exact) mass is 234 g/mol. The number of anilines is 1. The van der Waals surface area contributed by atoms with Crippen LogP contribution in [0, 0.1) is 11.3 Å². The quantitative estimate of drug-likeness (QED) is 0.803. The third-order valence-corrected chi connectivity index (χ3v) is 4.22. The first kappa shape index (κ1) is 10.8. The Hall–Kier alpha value is -1.29. The van der Waals surface area contributed by atoms with Crippen molar-refractivity contribution in [2.45, 2.75) is 26.3 Å². The first-order chi connectivity index (χ1) is 8.12. The fourth-order valence-electron chi connectivity index (χ4n) is 3.25. The molecule has 3 heterocycles. The van der Waals surface area contributed by atoms with E-state index in [-0.39, 0.29) is 17.4 Å². The lowest BCUT2D eigenvalue weighted by Gasteiger charge is -2.33. The molecule has 92 valence electrons. The lowest BCUT2D eigenvalue weighted by molar-refractivity contribution is -0.125. The second-order valence-electron chi connectivity index (χ2n) is 5.51. The smallest absolute Gasteiger partial charge is 0.235 e. The van der Waals surface area contributed by atoms with Crippen LogP contribution in [-0.4, -0.2) is 25.0 Å². The van der Waals surface area contributed by atoms with Gasteiger partial charge in [-0.3, -0.25) is 9.69 Å². The molecule has 2 saturated heterocycles. The highest BCUT2D eigenvalue weighted by molar-refractivity contribution is 5.99. The van der Waals surface area contributed by atoms with Gasteiger partial charge in [0.25, 0.3) is 0 Å². The van der Waals surface area contributed by atoms with E-state index >= 15 is 0 Å². The summed E-state index contributed by atoms with van der Waals surface area (Å²) in [6.45, 7) is 5.98. The van der Waals surface area contributed by atoms with Crippen molar-refractivity contribution in [2.24, 2.45) is 11.3 Å². The summed E-state index contributed by atoms with van der Waals surface area (Å²) in [6, 6.07) is 3.93. The van der Waals surface area contributed by atoms with Crippen molar-refractivity contribution in [1.29, 1.82) is 0 Å². The average molecular weight is 234 g/mol. The second-order valence-corrected chi connectivity index (χ2v) is 5.51. The average Bonchev–Trinajstić information content (AvgIpc) is 2.88. The van der Waals surface area contributed by atoms with Crippen molar-refractivity contribution < 1.29 is 9.21 Å². The number of amides is 1. The van der Waals surface area contributed by atoms with E-state index in [1.54, 1.807) is 6.26 Å². The molecule has 0 bridgehead atoms. The Kier molecular flexibility index (Phi) is 2.30. The number of carbonyl (C=O) groups excluding carboxylic acids is 1. The molecule has 4 heteroatoms. The van der Waals surface area contributed by atoms with Gasteiger partial charge in [0, 0.05) is 18.0 Å². The van der Waals surface area contributed by atoms with E-state index in [4.69, 9.17) is 4.42 Å². The summed E-state index contributed by atoms with van der Waals surface area (Å²) in [6.07, 6.45) is 2.68. The van der Waals surface area contributed by atoms with Gasteiger partial charge in [-0.15, -0.1) is 0 Å². The molecule has 17 heavy (non-hydrogen) atoms. The number of hydrogen-bond acceptors (Lipinski definition) is 3. The number of nitrogens with one attached hydrogen (secondary N) is 1. The Morgan fingerprint density at radius 1 is 1.53 bits per heavy atom. The van der Waals surface area contributed by atoms with E-state index in [1.165, 1.54) is 0 Å². The van der Waals surface area contributed by atoms with Crippen molar-refractivity contribution >= 4 is 11.8 Å². The van der Waals surface area contributed by atoms with Gasteiger partial charge < -0.3 is 9.73 Å². The molecule has 2 atom stereocenters. The van der Waals surface area contributed by atoms with Gasteiger partial charge in [0.15, 0.2) is 0 Å². The zero-order chi connectivity index (χ0) is 12.0. The third-order valence-electron chi connectivity index (χ3n) is 4.22. The molecule has 2 unspecified atom stereocenters. The molecule has 3 rings (SSSR count). The highest BCUT2D eigenvalue weighted by atomic mass is 16.3. The number of hydrogen-bond donors (Lipinski definition) is 1. The van der Waals surface area contributed by atoms with Crippen LogP contribution in [0.15, 0.2) is 22.8 Å². The van der Waals surface area contributed by atoms with Crippen LogP contribution in [0.25, 0.3) is 0 Å². The van der Waals surface area contributed by atoms with Gasteiger partial charge in [0.05, 0.1) is 12.3 Å². The summed E-state index contributed by atoms with van der Waals surface area (Å²) in [4.78, 5) is 14.4. The van der Waals surface area contributed by atoms with Gasteiger partial charge in [-0.2, -0.15) is 0 Å². The molecule has 0 saturated carbocycles. The maximum atomic E-state index is 12.5. The van der Waals surface area contributed by atoms with Crippen LogP contribution in [0.4, 0.5) is 5.88 Å². The Balaban J connectivity index is 2.01. The van der Waals surface area contributed by atoms with Crippen molar-refractivity contribution in [3.8, 4) is 0 Å². The van der Waals surface area contributed by atoms with Gasteiger partial charge in [-0.25, -0.2) is 0 Å². The van der Waals surface area contributed by atoms with Crippen LogP contribution in [0.1, 0.15) is 20.3 Å². The summed E-state index contributed by atoms with van der Waals surface area (Å²) in [5.41, 5.74) is -0.278. The van der Waals surface area contributed by atoms with E-state index in [2.05, 4.69) is 19.2 Å². The fraction of sp³-hybridized carbons (Fsp3) is 0.615. The molecular formula is C13H18N2O2. The zero-order valence-electron chi connectivity index (χ0n) is 10.3. The Morgan fingerprint density at radius 2 is 2.35 bits per heavy atom. The van der Waals surface area contributed by atoms with Crippen LogP contribution in [0.3, 0.4) is 0 Å². The minimum atomic E-state index is -0.278. The highest BCUT2D eigenvalue weighted by Crippen LogP contribution is 2.45. The maximum Gasteiger partial charge on any atom is 0.235 e. The summed E-state index contributed by atoms with van der Waals surface area (Å²) in [7, 11) is 0. The van der Waals surface area contributed by atoms with Crippen LogP contribution in [0.5, 0.6) is 0 Å². The lowest BCUT2D eigenvalue weighted by Crippen LogP contribution is -2.47. The molecule has 2 aliphatic rings. The summed E-state index contributed by atoms with van der Waals surface area (Å²) >= 11 is 0. The maximum absolute atomic E-state index is 12.5. The molecule has 1 aromatic rings. The third kappa shape index (κ3) is 1.43. The van der Waals surface area contributed by atoms with Crippen LogP contribution in [-0.2, 0) is 4.79 Å². The molecule has 0 aromatic carbocycles. The molecule has 0 spiro atoms. The minimum absolute atomic E-state index is 0.186. The van der Waals surface area contributed by atoms with E-state index in [0.29, 0.717) is 11.8 Å². The highest BCUT2D eigenvalue weighted by Gasteiger charge is 2.55. The molecule has 4 nitrogen and oxygen atoms in total. The Bertz CT molecular complexity index is 425. The number of piperidine rings is 1. The first-order valence-electron chi connectivity index (χ1n) is 6.20.